The number of furan rings is 1. The van der Waals surface area contributed by atoms with E-state index in [4.69, 9.17) is 14.2 Å². The van der Waals surface area contributed by atoms with Gasteiger partial charge in [0.1, 0.15) is 5.76 Å². The number of nitrogens with zero attached hydrogens (tertiary/aromatic N) is 3. The topological polar surface area (TPSA) is 75.8 Å². The Balaban J connectivity index is 2.21. The van der Waals surface area contributed by atoms with Crippen molar-refractivity contribution in [3.8, 4) is 17.5 Å². The van der Waals surface area contributed by atoms with Gasteiger partial charge in [-0.25, -0.2) is 0 Å². The van der Waals surface area contributed by atoms with Crippen LogP contribution in [0.2, 0.25) is 0 Å². The summed E-state index contributed by atoms with van der Waals surface area (Å²) in [4.78, 5) is 4.21. The van der Waals surface area contributed by atoms with Gasteiger partial charge in [-0.3, -0.25) is 0 Å². The fourth-order valence-electron chi connectivity index (χ4n) is 1.37. The highest BCUT2D eigenvalue weighted by Gasteiger charge is 2.14. The molecule has 0 N–H and O–H groups in total. The molecule has 2 aromatic rings. The third-order valence-corrected chi connectivity index (χ3v) is 2.27. The van der Waals surface area contributed by atoms with E-state index in [0.717, 1.165) is 11.3 Å². The summed E-state index contributed by atoms with van der Waals surface area (Å²) < 4.78 is 10.2. The maximum Gasteiger partial charge on any atom is 0.228 e. The van der Waals surface area contributed by atoms with Crippen molar-refractivity contribution in [1.29, 1.82) is 5.26 Å². The summed E-state index contributed by atoms with van der Waals surface area (Å²) in [5.41, 5.74) is 0.819. The molecule has 0 aromatic carbocycles. The van der Waals surface area contributed by atoms with Gasteiger partial charge in [0, 0.05) is 6.42 Å². The average molecular weight is 217 g/mol. The van der Waals surface area contributed by atoms with Gasteiger partial charge >= 0.3 is 0 Å². The molecule has 2 aromatic heterocycles. The molecule has 1 unspecified atom stereocenters. The monoisotopic (exact) mass is 217 g/mol. The van der Waals surface area contributed by atoms with Crippen LogP contribution in [0.4, 0.5) is 0 Å². The normalized spacial score (nSPS) is 12.3. The van der Waals surface area contributed by atoms with E-state index in [0.29, 0.717) is 18.1 Å². The summed E-state index contributed by atoms with van der Waals surface area (Å²) in [6.45, 7) is 3.65. The Kier molecular flexibility index (Phi) is 2.73. The summed E-state index contributed by atoms with van der Waals surface area (Å²) in [6, 6.07) is 3.91. The van der Waals surface area contributed by atoms with Crippen LogP contribution in [0.25, 0.3) is 11.4 Å². The molecule has 1 atom stereocenters. The Morgan fingerprint density at radius 1 is 1.56 bits per heavy atom. The minimum atomic E-state index is -0.126. The first kappa shape index (κ1) is 10.4. The molecule has 2 rings (SSSR count). The Labute approximate surface area is 92.7 Å². The first-order valence-electron chi connectivity index (χ1n) is 4.97. The third-order valence-electron chi connectivity index (χ3n) is 2.27. The van der Waals surface area contributed by atoms with Crippen molar-refractivity contribution in [2.75, 3.05) is 0 Å². The molecular formula is C11H11N3O2. The van der Waals surface area contributed by atoms with Crippen LogP contribution in [0.15, 0.2) is 21.3 Å². The molecule has 0 spiro atoms. The molecule has 0 bridgehead atoms. The second-order valence-electron chi connectivity index (χ2n) is 3.64. The summed E-state index contributed by atoms with van der Waals surface area (Å²) in [6.07, 6.45) is 2.05. The van der Waals surface area contributed by atoms with Gasteiger partial charge in [0.25, 0.3) is 0 Å². The minimum absolute atomic E-state index is 0.126. The van der Waals surface area contributed by atoms with Crippen LogP contribution in [0.5, 0.6) is 0 Å². The third kappa shape index (κ3) is 1.96. The quantitative estimate of drug-likeness (QED) is 0.788. The Morgan fingerprint density at radius 2 is 2.38 bits per heavy atom. The fraction of sp³-hybridized carbons (Fsp3) is 0.364. The minimum Gasteiger partial charge on any atom is -0.469 e. The molecule has 0 amide bonds. The van der Waals surface area contributed by atoms with Crippen molar-refractivity contribution in [2.45, 2.75) is 20.3 Å². The zero-order chi connectivity index (χ0) is 11.5. The van der Waals surface area contributed by atoms with E-state index in [1.807, 2.05) is 13.8 Å². The molecule has 0 aliphatic heterocycles. The molecule has 0 saturated heterocycles. The lowest BCUT2D eigenvalue weighted by atomic mass is 10.1. The molecule has 5 nitrogen and oxygen atoms in total. The van der Waals surface area contributed by atoms with E-state index < -0.39 is 0 Å². The lowest BCUT2D eigenvalue weighted by Gasteiger charge is -1.93. The predicted octanol–water partition coefficient (Wildman–Crippen LogP) is 2.34. The number of rotatable bonds is 3. The zero-order valence-electron chi connectivity index (χ0n) is 9.10. The molecule has 0 aliphatic rings. The van der Waals surface area contributed by atoms with Gasteiger partial charge in [-0.1, -0.05) is 5.16 Å². The lowest BCUT2D eigenvalue weighted by Crippen LogP contribution is -1.96. The van der Waals surface area contributed by atoms with Crippen LogP contribution in [0.1, 0.15) is 18.6 Å². The van der Waals surface area contributed by atoms with Gasteiger partial charge in [-0.15, -0.1) is 0 Å². The SMILES string of the molecule is Cc1occc1-c1noc(CC(C)C#N)n1. The number of nitriles is 1. The Bertz CT molecular complexity index is 521. The van der Waals surface area contributed by atoms with Crippen LogP contribution in [0, 0.1) is 24.2 Å². The molecular weight excluding hydrogens is 206 g/mol. The highest BCUT2D eigenvalue weighted by Crippen LogP contribution is 2.21. The Morgan fingerprint density at radius 3 is 3.00 bits per heavy atom. The summed E-state index contributed by atoms with van der Waals surface area (Å²) in [7, 11) is 0. The van der Waals surface area contributed by atoms with Crippen molar-refractivity contribution in [3.05, 3.63) is 24.0 Å². The Hall–Kier alpha value is -2.09. The average Bonchev–Trinajstić information content (AvgIpc) is 2.86. The van der Waals surface area contributed by atoms with Crippen LogP contribution in [0.3, 0.4) is 0 Å². The van der Waals surface area contributed by atoms with Crippen molar-refractivity contribution in [1.82, 2.24) is 10.1 Å². The smallest absolute Gasteiger partial charge is 0.228 e. The zero-order valence-corrected chi connectivity index (χ0v) is 9.10. The maximum absolute atomic E-state index is 8.68. The highest BCUT2D eigenvalue weighted by atomic mass is 16.5. The number of aromatic nitrogens is 2. The fourth-order valence-corrected chi connectivity index (χ4v) is 1.37. The van der Waals surface area contributed by atoms with Gasteiger partial charge in [0.15, 0.2) is 0 Å². The van der Waals surface area contributed by atoms with Crippen molar-refractivity contribution in [3.63, 3.8) is 0 Å². The summed E-state index contributed by atoms with van der Waals surface area (Å²) in [5.74, 6) is 1.61. The van der Waals surface area contributed by atoms with Crippen molar-refractivity contribution >= 4 is 0 Å². The van der Waals surface area contributed by atoms with E-state index in [9.17, 15) is 0 Å². The maximum atomic E-state index is 8.68. The molecule has 2 heterocycles. The van der Waals surface area contributed by atoms with Crippen LogP contribution < -0.4 is 0 Å². The van der Waals surface area contributed by atoms with Gasteiger partial charge in [0.2, 0.25) is 11.7 Å². The van der Waals surface area contributed by atoms with E-state index in [1.54, 1.807) is 12.3 Å². The first-order valence-corrected chi connectivity index (χ1v) is 4.97. The van der Waals surface area contributed by atoms with Crippen LogP contribution >= 0.6 is 0 Å². The van der Waals surface area contributed by atoms with Gasteiger partial charge in [-0.05, 0) is 19.9 Å². The van der Waals surface area contributed by atoms with Crippen LogP contribution in [-0.2, 0) is 6.42 Å². The second kappa shape index (κ2) is 4.19. The van der Waals surface area contributed by atoms with Crippen molar-refractivity contribution < 1.29 is 8.94 Å². The molecule has 0 radical (unpaired) electrons. The highest BCUT2D eigenvalue weighted by molar-refractivity contribution is 5.56. The molecule has 82 valence electrons. The van der Waals surface area contributed by atoms with E-state index in [2.05, 4.69) is 16.2 Å². The first-order chi connectivity index (χ1) is 7.70. The standard InChI is InChI=1S/C11H11N3O2/c1-7(6-12)5-10-13-11(14-16-10)9-3-4-15-8(9)2/h3-4,7H,5H2,1-2H3. The number of hydrogen-bond acceptors (Lipinski definition) is 5. The predicted molar refractivity (Wildman–Crippen MR) is 55.2 cm³/mol. The van der Waals surface area contributed by atoms with Gasteiger partial charge < -0.3 is 8.94 Å². The molecule has 16 heavy (non-hydrogen) atoms. The summed E-state index contributed by atoms with van der Waals surface area (Å²) >= 11 is 0. The largest absolute Gasteiger partial charge is 0.469 e. The molecule has 0 aliphatic carbocycles. The lowest BCUT2D eigenvalue weighted by molar-refractivity contribution is 0.369. The number of hydrogen-bond donors (Lipinski definition) is 0. The van der Waals surface area contributed by atoms with E-state index >= 15 is 0 Å². The number of aryl methyl sites for hydroxylation is 1. The van der Waals surface area contributed by atoms with E-state index in [1.165, 1.54) is 0 Å². The van der Waals surface area contributed by atoms with Crippen LogP contribution in [-0.4, -0.2) is 10.1 Å². The summed E-state index contributed by atoms with van der Waals surface area (Å²) in [5, 5.41) is 12.5. The van der Waals surface area contributed by atoms with Gasteiger partial charge in [0.05, 0.1) is 23.8 Å². The van der Waals surface area contributed by atoms with Gasteiger partial charge in [-0.2, -0.15) is 10.2 Å². The molecule has 0 fully saturated rings. The molecule has 0 saturated carbocycles. The second-order valence-corrected chi connectivity index (χ2v) is 3.64. The van der Waals surface area contributed by atoms with E-state index in [-0.39, 0.29) is 5.92 Å². The van der Waals surface area contributed by atoms with Crippen molar-refractivity contribution in [2.24, 2.45) is 5.92 Å². The molecule has 5 heteroatoms.